The molecule has 0 radical (unpaired) electrons. The molecule has 118 valence electrons. The molecule has 20 heavy (non-hydrogen) atoms. The molecule has 0 aromatic carbocycles. The zero-order valence-corrected chi connectivity index (χ0v) is 16.5. The van der Waals surface area contributed by atoms with Crippen LogP contribution in [0.3, 0.4) is 0 Å². The van der Waals surface area contributed by atoms with E-state index in [9.17, 15) is 0 Å². The van der Waals surface area contributed by atoms with E-state index in [1.807, 2.05) is 0 Å². The number of likely N-dealkylation sites (tertiary alicyclic amines) is 1. The van der Waals surface area contributed by atoms with Crippen molar-refractivity contribution in [1.29, 1.82) is 0 Å². The van der Waals surface area contributed by atoms with Gasteiger partial charge in [-0.1, -0.05) is 0 Å². The molecule has 0 aliphatic carbocycles. The summed E-state index contributed by atoms with van der Waals surface area (Å²) in [4.78, 5) is 5.08. The summed E-state index contributed by atoms with van der Waals surface area (Å²) < 4.78 is 0. The third-order valence-corrected chi connectivity index (χ3v) is 18.3. The van der Waals surface area contributed by atoms with Crippen molar-refractivity contribution in [1.82, 2.24) is 9.80 Å². The van der Waals surface area contributed by atoms with Gasteiger partial charge in [0.15, 0.2) is 0 Å². The molecule has 2 nitrogen and oxygen atoms in total. The van der Waals surface area contributed by atoms with E-state index in [1.165, 1.54) is 39.0 Å². The summed E-state index contributed by atoms with van der Waals surface area (Å²) in [7, 11) is 4.38. The molecule has 2 fully saturated rings. The monoisotopic (exact) mass is 342 g/mol. The SMILES string of the molecule is C[CH2][Ge]1([CH2]C)[CH2]CC2(CCN(CCCN(C)C)C2)C[CH2]1. The Morgan fingerprint density at radius 1 is 1.05 bits per heavy atom. The fourth-order valence-corrected chi connectivity index (χ4v) is 13.5. The van der Waals surface area contributed by atoms with Crippen LogP contribution in [0, 0.1) is 5.41 Å². The average molecular weight is 341 g/mol. The molecule has 2 aliphatic heterocycles. The molecule has 2 rings (SSSR count). The third-order valence-electron chi connectivity index (χ3n) is 6.47. The normalized spacial score (nSPS) is 25.6. The van der Waals surface area contributed by atoms with Gasteiger partial charge in [-0.2, -0.15) is 0 Å². The van der Waals surface area contributed by atoms with Gasteiger partial charge in [0.25, 0.3) is 0 Å². The van der Waals surface area contributed by atoms with Crippen LogP contribution in [0.25, 0.3) is 0 Å². The van der Waals surface area contributed by atoms with Crippen molar-refractivity contribution >= 4 is 13.3 Å². The molecular formula is C17H36GeN2. The van der Waals surface area contributed by atoms with E-state index in [-0.39, 0.29) is 0 Å². The number of rotatable bonds is 6. The Morgan fingerprint density at radius 3 is 2.25 bits per heavy atom. The van der Waals surface area contributed by atoms with Crippen LogP contribution in [-0.4, -0.2) is 63.3 Å². The molecule has 0 amide bonds. The molecule has 3 heteroatoms. The van der Waals surface area contributed by atoms with Gasteiger partial charge in [0, 0.05) is 0 Å². The minimum atomic E-state index is -1.34. The van der Waals surface area contributed by atoms with E-state index >= 15 is 0 Å². The second-order valence-corrected chi connectivity index (χ2v) is 19.2. The Balaban J connectivity index is 1.78. The van der Waals surface area contributed by atoms with Gasteiger partial charge in [-0.15, -0.1) is 0 Å². The molecule has 2 saturated heterocycles. The Hall–Kier alpha value is 0.463. The van der Waals surface area contributed by atoms with Crippen molar-refractivity contribution in [2.75, 3.05) is 40.3 Å². The maximum atomic E-state index is 2.77. The first kappa shape index (κ1) is 16.8. The topological polar surface area (TPSA) is 6.48 Å². The van der Waals surface area contributed by atoms with Crippen LogP contribution in [0.1, 0.15) is 39.5 Å². The molecule has 0 saturated carbocycles. The van der Waals surface area contributed by atoms with Gasteiger partial charge >= 0.3 is 129 Å². The maximum absolute atomic E-state index is 2.77. The molecule has 0 bridgehead atoms. The van der Waals surface area contributed by atoms with E-state index in [1.54, 1.807) is 33.9 Å². The van der Waals surface area contributed by atoms with E-state index < -0.39 is 13.3 Å². The third kappa shape index (κ3) is 4.01. The van der Waals surface area contributed by atoms with E-state index in [2.05, 4.69) is 37.7 Å². The van der Waals surface area contributed by atoms with Crippen LogP contribution >= 0.6 is 0 Å². The quantitative estimate of drug-likeness (QED) is 0.676. The summed E-state index contributed by atoms with van der Waals surface area (Å²) in [5.41, 5.74) is 0.747. The molecule has 0 unspecified atom stereocenters. The van der Waals surface area contributed by atoms with Crippen molar-refractivity contribution in [2.45, 2.75) is 60.5 Å². The molecule has 0 atom stereocenters. The molecule has 0 aromatic rings. The first-order valence-corrected chi connectivity index (χ1v) is 14.8. The summed E-state index contributed by atoms with van der Waals surface area (Å²) >= 11 is -1.34. The van der Waals surface area contributed by atoms with Gasteiger partial charge in [-0.05, 0) is 0 Å². The number of nitrogens with zero attached hydrogens (tertiary/aromatic N) is 2. The fraction of sp³-hybridized carbons (Fsp3) is 1.00. The van der Waals surface area contributed by atoms with Gasteiger partial charge in [-0.3, -0.25) is 0 Å². The standard InChI is InChI=1S/C17H36GeN2/c1-5-18(6-2)11-8-17(9-12-18)10-15-20(16-17)14-7-13-19(3)4/h5-16H2,1-4H3. The van der Waals surface area contributed by atoms with Crippen LogP contribution in [0.2, 0.25) is 21.0 Å². The van der Waals surface area contributed by atoms with E-state index in [4.69, 9.17) is 0 Å². The fourth-order valence-electron chi connectivity index (χ4n) is 4.51. The molecule has 2 aliphatic rings. The van der Waals surface area contributed by atoms with Gasteiger partial charge in [0.2, 0.25) is 0 Å². The van der Waals surface area contributed by atoms with Crippen LogP contribution in [-0.2, 0) is 0 Å². The van der Waals surface area contributed by atoms with Crippen molar-refractivity contribution < 1.29 is 0 Å². The predicted molar refractivity (Wildman–Crippen MR) is 92.2 cm³/mol. The van der Waals surface area contributed by atoms with Crippen LogP contribution < -0.4 is 0 Å². The molecule has 2 heterocycles. The molecular weight excluding hydrogens is 305 g/mol. The molecule has 0 N–H and O–H groups in total. The zero-order chi connectivity index (χ0) is 14.6. The number of hydrogen-bond donors (Lipinski definition) is 0. The molecule has 0 aromatic heterocycles. The predicted octanol–water partition coefficient (Wildman–Crippen LogP) is 3.91. The second-order valence-electron chi connectivity index (χ2n) is 7.89. The summed E-state index contributed by atoms with van der Waals surface area (Å²) in [5, 5.41) is 6.52. The summed E-state index contributed by atoms with van der Waals surface area (Å²) in [5.74, 6) is 0. The zero-order valence-electron chi connectivity index (χ0n) is 14.4. The van der Waals surface area contributed by atoms with Gasteiger partial charge in [0.05, 0.1) is 0 Å². The number of hydrogen-bond acceptors (Lipinski definition) is 2. The Bertz CT molecular complexity index is 289. The molecule has 1 spiro atoms. The van der Waals surface area contributed by atoms with Gasteiger partial charge in [-0.25, -0.2) is 0 Å². The van der Waals surface area contributed by atoms with Gasteiger partial charge < -0.3 is 0 Å². The van der Waals surface area contributed by atoms with Crippen molar-refractivity contribution in [3.8, 4) is 0 Å². The summed E-state index contributed by atoms with van der Waals surface area (Å²) in [6.45, 7) is 10.4. The summed E-state index contributed by atoms with van der Waals surface area (Å²) in [6, 6.07) is 0. The van der Waals surface area contributed by atoms with Gasteiger partial charge in [0.1, 0.15) is 0 Å². The Kier molecular flexibility index (Phi) is 6.02. The van der Waals surface area contributed by atoms with E-state index in [0.717, 1.165) is 5.41 Å². The van der Waals surface area contributed by atoms with Crippen LogP contribution in [0.15, 0.2) is 0 Å². The first-order chi connectivity index (χ1) is 9.53. The Labute approximate surface area is 129 Å². The van der Waals surface area contributed by atoms with Crippen LogP contribution in [0.5, 0.6) is 0 Å². The van der Waals surface area contributed by atoms with E-state index in [0.29, 0.717) is 0 Å². The minimum absolute atomic E-state index is 0.747. The second kappa shape index (κ2) is 7.15. The Morgan fingerprint density at radius 2 is 1.70 bits per heavy atom. The average Bonchev–Trinajstić information content (AvgIpc) is 2.84. The van der Waals surface area contributed by atoms with Crippen molar-refractivity contribution in [2.24, 2.45) is 5.41 Å². The van der Waals surface area contributed by atoms with Crippen LogP contribution in [0.4, 0.5) is 0 Å². The summed E-state index contributed by atoms with van der Waals surface area (Å²) in [6.07, 6.45) is 6.01. The van der Waals surface area contributed by atoms with Crippen molar-refractivity contribution in [3.63, 3.8) is 0 Å². The van der Waals surface area contributed by atoms with Crippen molar-refractivity contribution in [3.05, 3.63) is 0 Å². The first-order valence-electron chi connectivity index (χ1n) is 8.90.